The number of rotatable bonds is 5. The molecule has 7 nitrogen and oxygen atoms in total. The summed E-state index contributed by atoms with van der Waals surface area (Å²) in [4.78, 5) is 17.9. The van der Waals surface area contributed by atoms with E-state index >= 15 is 4.39 Å². The van der Waals surface area contributed by atoms with Gasteiger partial charge in [-0.3, -0.25) is 4.79 Å². The standard InChI is InChI=1S/C20H24ClFN4O2.CH4O/c1-26(2)20(28)18-16(23)6-5-13(19(18)22)14-10-25-17(8-15(14)21)24-9-11-3-4-12(27)7-11;1-2/h5-6,8,10-12,27H,3-4,7,9,23H2,1-2H3,(H,24,25);2H,1H3. The maximum Gasteiger partial charge on any atom is 0.258 e. The Balaban J connectivity index is 0.00000155. The predicted molar refractivity (Wildman–Crippen MR) is 117 cm³/mol. The zero-order chi connectivity index (χ0) is 22.4. The average Bonchev–Trinajstić information content (AvgIpc) is 3.14. The van der Waals surface area contributed by atoms with Gasteiger partial charge in [0.1, 0.15) is 11.6 Å². The van der Waals surface area contributed by atoms with E-state index in [1.54, 1.807) is 6.07 Å². The molecule has 1 amide bonds. The number of nitrogens with one attached hydrogen (secondary N) is 1. The van der Waals surface area contributed by atoms with Crippen molar-refractivity contribution in [3.63, 3.8) is 0 Å². The molecular weight excluding hydrogens is 411 g/mol. The van der Waals surface area contributed by atoms with Crippen LogP contribution in [0.15, 0.2) is 24.4 Å². The fourth-order valence-electron chi connectivity index (χ4n) is 3.45. The van der Waals surface area contributed by atoms with Crippen LogP contribution in [0.5, 0.6) is 0 Å². The normalized spacial score (nSPS) is 17.8. The molecule has 2 aromatic rings. The van der Waals surface area contributed by atoms with Crippen LogP contribution in [0, 0.1) is 11.7 Å². The number of halogens is 2. The number of carbonyl (C=O) groups excluding carboxylic acids is 1. The van der Waals surface area contributed by atoms with Crippen molar-refractivity contribution in [3.05, 3.63) is 40.8 Å². The Labute approximate surface area is 180 Å². The number of carbonyl (C=O) groups is 1. The van der Waals surface area contributed by atoms with Gasteiger partial charge in [-0.2, -0.15) is 0 Å². The molecular formula is C21H28ClFN4O3. The Morgan fingerprint density at radius 2 is 2.03 bits per heavy atom. The number of nitrogens with two attached hydrogens (primary N) is 1. The maximum absolute atomic E-state index is 15.0. The molecule has 9 heteroatoms. The molecule has 30 heavy (non-hydrogen) atoms. The molecule has 0 spiro atoms. The van der Waals surface area contributed by atoms with E-state index in [2.05, 4.69) is 10.3 Å². The summed E-state index contributed by atoms with van der Waals surface area (Å²) in [7, 11) is 4.07. The third-order valence-corrected chi connectivity index (χ3v) is 5.34. The second-order valence-electron chi connectivity index (χ2n) is 7.35. The van der Waals surface area contributed by atoms with Gasteiger partial charge in [-0.05, 0) is 43.4 Å². The van der Waals surface area contributed by atoms with E-state index in [1.807, 2.05) is 0 Å². The van der Waals surface area contributed by atoms with Crippen LogP contribution in [-0.2, 0) is 0 Å². The molecule has 1 aliphatic rings. The van der Waals surface area contributed by atoms with Crippen LogP contribution >= 0.6 is 11.6 Å². The summed E-state index contributed by atoms with van der Waals surface area (Å²) in [5, 5.41) is 20.1. The van der Waals surface area contributed by atoms with Gasteiger partial charge in [0, 0.05) is 50.8 Å². The summed E-state index contributed by atoms with van der Waals surface area (Å²) in [6.07, 6.45) is 3.83. The van der Waals surface area contributed by atoms with Gasteiger partial charge in [0.2, 0.25) is 0 Å². The number of benzene rings is 1. The second-order valence-corrected chi connectivity index (χ2v) is 7.76. The lowest BCUT2D eigenvalue weighted by atomic mass is 10.0. The summed E-state index contributed by atoms with van der Waals surface area (Å²) in [6.45, 7) is 0.692. The van der Waals surface area contributed by atoms with Gasteiger partial charge in [-0.15, -0.1) is 0 Å². The monoisotopic (exact) mass is 438 g/mol. The smallest absolute Gasteiger partial charge is 0.258 e. The van der Waals surface area contributed by atoms with Crippen LogP contribution in [0.4, 0.5) is 15.9 Å². The van der Waals surface area contributed by atoms with Crippen LogP contribution in [0.3, 0.4) is 0 Å². The summed E-state index contributed by atoms with van der Waals surface area (Å²) in [5.74, 6) is -0.263. The quantitative estimate of drug-likeness (QED) is 0.534. The van der Waals surface area contributed by atoms with Crippen LogP contribution in [0.1, 0.15) is 29.6 Å². The molecule has 0 radical (unpaired) electrons. The van der Waals surface area contributed by atoms with Gasteiger partial charge in [0.25, 0.3) is 5.91 Å². The predicted octanol–water partition coefficient (Wildman–Crippen LogP) is 3.01. The third kappa shape index (κ3) is 5.38. The molecule has 0 aliphatic heterocycles. The molecule has 1 heterocycles. The summed E-state index contributed by atoms with van der Waals surface area (Å²) < 4.78 is 15.0. The first kappa shape index (κ1) is 23.9. The van der Waals surface area contributed by atoms with Crippen molar-refractivity contribution in [2.75, 3.05) is 38.8 Å². The van der Waals surface area contributed by atoms with Gasteiger partial charge >= 0.3 is 0 Å². The van der Waals surface area contributed by atoms with Crippen molar-refractivity contribution in [2.45, 2.75) is 25.4 Å². The highest BCUT2D eigenvalue weighted by atomic mass is 35.5. The van der Waals surface area contributed by atoms with Crippen molar-refractivity contribution >= 4 is 29.0 Å². The first-order valence-corrected chi connectivity index (χ1v) is 9.98. The number of nitrogen functional groups attached to an aromatic ring is 1. The number of hydrogen-bond acceptors (Lipinski definition) is 6. The third-order valence-electron chi connectivity index (χ3n) is 5.02. The van der Waals surface area contributed by atoms with Gasteiger partial charge in [0.05, 0.1) is 16.7 Å². The molecule has 2 atom stereocenters. The number of nitrogens with zero attached hydrogens (tertiary/aromatic N) is 2. The summed E-state index contributed by atoms with van der Waals surface area (Å²) in [6, 6.07) is 4.61. The molecule has 3 rings (SSSR count). The largest absolute Gasteiger partial charge is 0.400 e. The SMILES string of the molecule is CN(C)C(=O)c1c(N)ccc(-c2cnc(NCC3CCC(O)C3)cc2Cl)c1F.CO. The number of aromatic nitrogens is 1. The van der Waals surface area contributed by atoms with Crippen molar-refractivity contribution in [2.24, 2.45) is 5.92 Å². The fraction of sp³-hybridized carbons (Fsp3) is 0.429. The van der Waals surface area contributed by atoms with E-state index in [4.69, 9.17) is 22.4 Å². The first-order chi connectivity index (χ1) is 14.3. The first-order valence-electron chi connectivity index (χ1n) is 9.60. The molecule has 1 fully saturated rings. The number of amides is 1. The zero-order valence-corrected chi connectivity index (χ0v) is 18.1. The van der Waals surface area contributed by atoms with Gasteiger partial charge < -0.3 is 26.2 Å². The molecule has 1 aromatic carbocycles. The van der Waals surface area contributed by atoms with Crippen molar-refractivity contribution in [3.8, 4) is 11.1 Å². The summed E-state index contributed by atoms with van der Waals surface area (Å²) >= 11 is 6.38. The minimum absolute atomic E-state index is 0.0704. The average molecular weight is 439 g/mol. The minimum atomic E-state index is -0.719. The number of hydrogen-bond donors (Lipinski definition) is 4. The number of pyridine rings is 1. The van der Waals surface area contributed by atoms with Gasteiger partial charge in [0.15, 0.2) is 0 Å². The Morgan fingerprint density at radius 1 is 1.33 bits per heavy atom. The van der Waals surface area contributed by atoms with E-state index in [9.17, 15) is 9.90 Å². The van der Waals surface area contributed by atoms with Crippen molar-refractivity contribution in [1.82, 2.24) is 9.88 Å². The zero-order valence-electron chi connectivity index (χ0n) is 17.3. The Bertz CT molecular complexity index is 895. The number of anilines is 2. The molecule has 1 saturated carbocycles. The van der Waals surface area contributed by atoms with Crippen molar-refractivity contribution < 1.29 is 19.4 Å². The van der Waals surface area contributed by atoms with E-state index in [0.29, 0.717) is 28.9 Å². The number of aliphatic hydroxyl groups is 2. The van der Waals surface area contributed by atoms with E-state index < -0.39 is 11.7 Å². The van der Waals surface area contributed by atoms with E-state index in [-0.39, 0.29) is 22.9 Å². The molecule has 1 aliphatic carbocycles. The van der Waals surface area contributed by atoms with E-state index in [0.717, 1.165) is 26.4 Å². The highest BCUT2D eigenvalue weighted by Crippen LogP contribution is 2.34. The van der Waals surface area contributed by atoms with Crippen LogP contribution in [-0.4, -0.2) is 59.9 Å². The lowest BCUT2D eigenvalue weighted by Gasteiger charge is -2.16. The molecule has 164 valence electrons. The Kier molecular flexibility index (Phi) is 8.40. The second kappa shape index (κ2) is 10.6. The molecule has 0 bridgehead atoms. The van der Waals surface area contributed by atoms with Crippen molar-refractivity contribution in [1.29, 1.82) is 0 Å². The maximum atomic E-state index is 15.0. The topological polar surface area (TPSA) is 112 Å². The lowest BCUT2D eigenvalue weighted by Crippen LogP contribution is -2.24. The molecule has 0 saturated heterocycles. The molecule has 1 aromatic heterocycles. The highest BCUT2D eigenvalue weighted by molar-refractivity contribution is 6.33. The van der Waals surface area contributed by atoms with E-state index in [1.165, 1.54) is 37.3 Å². The Morgan fingerprint density at radius 3 is 2.60 bits per heavy atom. The lowest BCUT2D eigenvalue weighted by molar-refractivity contribution is 0.0824. The van der Waals surface area contributed by atoms with Crippen LogP contribution in [0.25, 0.3) is 11.1 Å². The minimum Gasteiger partial charge on any atom is -0.400 e. The van der Waals surface area contributed by atoms with Gasteiger partial charge in [-0.1, -0.05) is 11.6 Å². The highest BCUT2D eigenvalue weighted by Gasteiger charge is 2.24. The van der Waals surface area contributed by atoms with Crippen LogP contribution < -0.4 is 11.1 Å². The Hall–Kier alpha value is -2.42. The number of aliphatic hydroxyl groups excluding tert-OH is 2. The summed E-state index contributed by atoms with van der Waals surface area (Å²) in [5.41, 5.74) is 6.26. The molecule has 5 N–H and O–H groups in total. The van der Waals surface area contributed by atoms with Gasteiger partial charge in [-0.25, -0.2) is 9.37 Å². The molecule has 2 unspecified atom stereocenters. The fourth-order valence-corrected chi connectivity index (χ4v) is 3.70. The van der Waals surface area contributed by atoms with Crippen LogP contribution in [0.2, 0.25) is 5.02 Å².